The quantitative estimate of drug-likeness (QED) is 0.496. The molecule has 0 N–H and O–H groups in total. The third-order valence-electron chi connectivity index (χ3n) is 4.28. The van der Waals surface area contributed by atoms with Crippen LogP contribution in [0, 0.1) is 0 Å². The average molecular weight is 375 g/mol. The molecule has 146 valence electrons. The number of carbonyl (C=O) groups excluding carboxylic acids is 2. The third kappa shape index (κ3) is 4.42. The number of aromatic nitrogens is 1. The van der Waals surface area contributed by atoms with Crippen LogP contribution in [0.25, 0.3) is 0 Å². The lowest BCUT2D eigenvalue weighted by Crippen LogP contribution is -2.11. The lowest BCUT2D eigenvalue weighted by molar-refractivity contribution is -0.143. The van der Waals surface area contributed by atoms with Crippen LogP contribution in [0.15, 0.2) is 24.3 Å². The standard InChI is InChI=1S/C20H25NO6/c1-6-27-18(22)10-8-14-7-9-15(21(14)2)19(23)13-11-16(24-3)20(26-5)17(12-13)25-4/h7,9,11-12H,6,8,10H2,1-5H3. The molecule has 1 aromatic carbocycles. The molecule has 7 nitrogen and oxygen atoms in total. The SMILES string of the molecule is CCOC(=O)CCc1ccc(C(=O)c2cc(OC)c(OC)c(OC)c2)n1C. The molecule has 2 rings (SSSR count). The first kappa shape index (κ1) is 20.4. The van der Waals surface area contributed by atoms with E-state index in [-0.39, 0.29) is 18.2 Å². The van der Waals surface area contributed by atoms with Gasteiger partial charge in [0.1, 0.15) is 0 Å². The summed E-state index contributed by atoms with van der Waals surface area (Å²) in [5, 5.41) is 0. The van der Waals surface area contributed by atoms with Gasteiger partial charge in [-0.1, -0.05) is 0 Å². The first-order valence-corrected chi connectivity index (χ1v) is 8.61. The summed E-state index contributed by atoms with van der Waals surface area (Å²) in [5.41, 5.74) is 1.80. The van der Waals surface area contributed by atoms with Crippen LogP contribution in [0.2, 0.25) is 0 Å². The van der Waals surface area contributed by atoms with E-state index in [1.807, 2.05) is 6.07 Å². The number of methoxy groups -OCH3 is 3. The van der Waals surface area contributed by atoms with Crippen LogP contribution in [0.5, 0.6) is 17.2 Å². The van der Waals surface area contributed by atoms with Gasteiger partial charge in [-0.25, -0.2) is 0 Å². The minimum Gasteiger partial charge on any atom is -0.493 e. The highest BCUT2D eigenvalue weighted by Crippen LogP contribution is 2.38. The predicted molar refractivity (Wildman–Crippen MR) is 99.9 cm³/mol. The number of carbonyl (C=O) groups is 2. The van der Waals surface area contributed by atoms with Crippen LogP contribution in [-0.4, -0.2) is 44.3 Å². The first-order chi connectivity index (χ1) is 13.0. The lowest BCUT2D eigenvalue weighted by atomic mass is 10.1. The van der Waals surface area contributed by atoms with Crippen molar-refractivity contribution < 1.29 is 28.5 Å². The molecule has 0 aliphatic rings. The fourth-order valence-corrected chi connectivity index (χ4v) is 2.86. The minimum atomic E-state index is -0.254. The third-order valence-corrected chi connectivity index (χ3v) is 4.28. The van der Waals surface area contributed by atoms with Crippen LogP contribution >= 0.6 is 0 Å². The van der Waals surface area contributed by atoms with Gasteiger partial charge in [-0.15, -0.1) is 0 Å². The van der Waals surface area contributed by atoms with Gasteiger partial charge in [0, 0.05) is 18.3 Å². The van der Waals surface area contributed by atoms with E-state index in [0.717, 1.165) is 5.69 Å². The summed E-state index contributed by atoms with van der Waals surface area (Å²) in [7, 11) is 6.31. The Hall–Kier alpha value is -2.96. The van der Waals surface area contributed by atoms with Crippen molar-refractivity contribution in [3.63, 3.8) is 0 Å². The summed E-state index contributed by atoms with van der Waals surface area (Å²) in [6.07, 6.45) is 0.765. The number of aryl methyl sites for hydroxylation is 1. The molecule has 0 saturated heterocycles. The second-order valence-electron chi connectivity index (χ2n) is 5.82. The molecule has 0 spiro atoms. The fraction of sp³-hybridized carbons (Fsp3) is 0.400. The Morgan fingerprint density at radius 2 is 1.63 bits per heavy atom. The van der Waals surface area contributed by atoms with Crippen LogP contribution in [0.3, 0.4) is 0 Å². The first-order valence-electron chi connectivity index (χ1n) is 8.61. The minimum absolute atomic E-state index is 0.181. The van der Waals surface area contributed by atoms with Crippen LogP contribution in [-0.2, 0) is 23.0 Å². The molecule has 0 unspecified atom stereocenters. The highest BCUT2D eigenvalue weighted by atomic mass is 16.5. The van der Waals surface area contributed by atoms with Crippen LogP contribution in [0.4, 0.5) is 0 Å². The topological polar surface area (TPSA) is 76.0 Å². The number of rotatable bonds is 9. The van der Waals surface area contributed by atoms with Gasteiger partial charge in [-0.2, -0.15) is 0 Å². The van der Waals surface area contributed by atoms with E-state index < -0.39 is 0 Å². The Morgan fingerprint density at radius 1 is 1.00 bits per heavy atom. The molecular weight excluding hydrogens is 350 g/mol. The molecule has 27 heavy (non-hydrogen) atoms. The van der Waals surface area contributed by atoms with Crippen LogP contribution < -0.4 is 14.2 Å². The summed E-state index contributed by atoms with van der Waals surface area (Å²) in [5.74, 6) is 0.822. The number of hydrogen-bond acceptors (Lipinski definition) is 6. The van der Waals surface area contributed by atoms with Crippen molar-refractivity contribution in [3.05, 3.63) is 41.2 Å². The summed E-state index contributed by atoms with van der Waals surface area (Å²) in [4.78, 5) is 24.5. The van der Waals surface area contributed by atoms with Gasteiger partial charge in [0.25, 0.3) is 0 Å². The van der Waals surface area contributed by atoms with Gasteiger partial charge >= 0.3 is 5.97 Å². The number of hydrogen-bond donors (Lipinski definition) is 0. The molecule has 2 aromatic rings. The zero-order chi connectivity index (χ0) is 20.0. The van der Waals surface area contributed by atoms with E-state index in [1.54, 1.807) is 36.7 Å². The molecule has 0 amide bonds. The van der Waals surface area contributed by atoms with Crippen molar-refractivity contribution in [2.75, 3.05) is 27.9 Å². The Bertz CT molecular complexity index is 799. The molecule has 0 aliphatic carbocycles. The monoisotopic (exact) mass is 375 g/mol. The molecule has 1 heterocycles. The molecule has 0 bridgehead atoms. The molecule has 0 saturated carbocycles. The Balaban J connectivity index is 2.29. The van der Waals surface area contributed by atoms with Crippen molar-refractivity contribution in [1.82, 2.24) is 4.57 Å². The maximum absolute atomic E-state index is 13.0. The van der Waals surface area contributed by atoms with E-state index >= 15 is 0 Å². The Kier molecular flexibility index (Phi) is 6.87. The van der Waals surface area contributed by atoms with Gasteiger partial charge in [0.15, 0.2) is 11.5 Å². The van der Waals surface area contributed by atoms with Gasteiger partial charge in [-0.05, 0) is 37.6 Å². The zero-order valence-electron chi connectivity index (χ0n) is 16.3. The van der Waals surface area contributed by atoms with Crippen molar-refractivity contribution in [2.24, 2.45) is 7.05 Å². The van der Waals surface area contributed by atoms with E-state index in [2.05, 4.69) is 0 Å². The van der Waals surface area contributed by atoms with Crippen molar-refractivity contribution in [3.8, 4) is 17.2 Å². The zero-order valence-corrected chi connectivity index (χ0v) is 16.3. The maximum atomic E-state index is 13.0. The van der Waals surface area contributed by atoms with Gasteiger partial charge in [0.05, 0.1) is 40.1 Å². The molecule has 0 radical (unpaired) electrons. The largest absolute Gasteiger partial charge is 0.493 e. The molecular formula is C20H25NO6. The highest BCUT2D eigenvalue weighted by Gasteiger charge is 2.20. The van der Waals surface area contributed by atoms with E-state index in [1.165, 1.54) is 21.3 Å². The van der Waals surface area contributed by atoms with Gasteiger partial charge in [0.2, 0.25) is 11.5 Å². The molecule has 0 fully saturated rings. The van der Waals surface area contributed by atoms with Crippen molar-refractivity contribution >= 4 is 11.8 Å². The van der Waals surface area contributed by atoms with Crippen molar-refractivity contribution in [1.29, 1.82) is 0 Å². The number of ketones is 1. The second-order valence-corrected chi connectivity index (χ2v) is 5.82. The van der Waals surface area contributed by atoms with Crippen molar-refractivity contribution in [2.45, 2.75) is 19.8 Å². The van der Waals surface area contributed by atoms with Crippen LogP contribution in [0.1, 0.15) is 35.1 Å². The smallest absolute Gasteiger partial charge is 0.306 e. The summed E-state index contributed by atoms with van der Waals surface area (Å²) >= 11 is 0. The summed E-state index contributed by atoms with van der Waals surface area (Å²) in [6.45, 7) is 2.13. The number of ether oxygens (including phenoxy) is 4. The molecule has 1 aromatic heterocycles. The van der Waals surface area contributed by atoms with Gasteiger partial charge < -0.3 is 23.5 Å². The molecule has 0 aliphatic heterocycles. The van der Waals surface area contributed by atoms with E-state index in [0.29, 0.717) is 41.5 Å². The highest BCUT2D eigenvalue weighted by molar-refractivity contribution is 6.08. The number of benzene rings is 1. The van der Waals surface area contributed by atoms with E-state index in [4.69, 9.17) is 18.9 Å². The number of nitrogens with zero attached hydrogens (tertiary/aromatic N) is 1. The average Bonchev–Trinajstić information content (AvgIpc) is 3.05. The molecule has 7 heteroatoms. The maximum Gasteiger partial charge on any atom is 0.306 e. The Labute approximate surface area is 158 Å². The molecule has 0 atom stereocenters. The lowest BCUT2D eigenvalue weighted by Gasteiger charge is -2.14. The summed E-state index contributed by atoms with van der Waals surface area (Å²) < 4.78 is 22.6. The summed E-state index contributed by atoms with van der Waals surface area (Å²) in [6, 6.07) is 6.82. The normalized spacial score (nSPS) is 10.4. The van der Waals surface area contributed by atoms with Gasteiger partial charge in [-0.3, -0.25) is 9.59 Å². The number of esters is 1. The second kappa shape index (κ2) is 9.12. The fourth-order valence-electron chi connectivity index (χ4n) is 2.86. The Morgan fingerprint density at radius 3 is 2.15 bits per heavy atom. The predicted octanol–water partition coefficient (Wildman–Crippen LogP) is 2.78. The van der Waals surface area contributed by atoms with E-state index in [9.17, 15) is 9.59 Å².